The number of rotatable bonds is 3. The lowest BCUT2D eigenvalue weighted by atomic mass is 10.2. The van der Waals surface area contributed by atoms with Gasteiger partial charge in [-0.05, 0) is 18.2 Å². The van der Waals surface area contributed by atoms with E-state index in [0.717, 1.165) is 6.07 Å². The van der Waals surface area contributed by atoms with Gasteiger partial charge in [0, 0.05) is 12.6 Å². The first-order valence-corrected chi connectivity index (χ1v) is 5.24. The predicted octanol–water partition coefficient (Wildman–Crippen LogP) is 0.466. The second kappa shape index (κ2) is 4.82. The maximum atomic E-state index is 12.9. The van der Waals surface area contributed by atoms with E-state index < -0.39 is 5.82 Å². The van der Waals surface area contributed by atoms with E-state index in [0.29, 0.717) is 11.4 Å². The summed E-state index contributed by atoms with van der Waals surface area (Å²) in [4.78, 5) is 11.8. The molecule has 0 aliphatic heterocycles. The summed E-state index contributed by atoms with van der Waals surface area (Å²) in [6.07, 6.45) is 1.54. The Morgan fingerprint density at radius 1 is 1.56 bits per heavy atom. The van der Waals surface area contributed by atoms with Gasteiger partial charge in [-0.1, -0.05) is 0 Å². The Hall–Kier alpha value is -2.44. The fraction of sp³-hybridized carbons (Fsp3) is 0.182. The molecule has 0 saturated heterocycles. The predicted molar refractivity (Wildman–Crippen MR) is 63.0 cm³/mol. The molecule has 94 valence electrons. The number of halogens is 1. The lowest BCUT2D eigenvalue weighted by Crippen LogP contribution is -2.24. The van der Waals surface area contributed by atoms with Crippen molar-refractivity contribution in [1.82, 2.24) is 20.1 Å². The van der Waals surface area contributed by atoms with Crippen molar-refractivity contribution in [3.63, 3.8) is 0 Å². The molecule has 6 nitrogen and oxygen atoms in total. The zero-order chi connectivity index (χ0) is 13.1. The van der Waals surface area contributed by atoms with E-state index >= 15 is 0 Å². The largest absolute Gasteiger partial charge is 0.396 e. The van der Waals surface area contributed by atoms with E-state index in [1.165, 1.54) is 18.5 Å². The molecule has 0 spiro atoms. The number of carbonyl (C=O) groups excluding carboxylic acids is 1. The molecule has 1 aromatic heterocycles. The number of benzene rings is 1. The second-order valence-corrected chi connectivity index (χ2v) is 3.78. The van der Waals surface area contributed by atoms with E-state index in [-0.39, 0.29) is 18.1 Å². The van der Waals surface area contributed by atoms with Gasteiger partial charge in [0.2, 0.25) is 0 Å². The number of aromatic nitrogens is 3. The van der Waals surface area contributed by atoms with Crippen LogP contribution in [0.15, 0.2) is 24.5 Å². The van der Waals surface area contributed by atoms with E-state index in [4.69, 9.17) is 5.73 Å². The van der Waals surface area contributed by atoms with Crippen LogP contribution in [-0.2, 0) is 13.6 Å². The summed E-state index contributed by atoms with van der Waals surface area (Å²) in [5.41, 5.74) is 5.64. The Labute approximate surface area is 103 Å². The summed E-state index contributed by atoms with van der Waals surface area (Å²) in [6, 6.07) is 3.83. The first kappa shape index (κ1) is 12.0. The van der Waals surface area contributed by atoms with Crippen LogP contribution in [-0.4, -0.2) is 20.7 Å². The minimum atomic E-state index is -0.542. The molecular weight excluding hydrogens is 237 g/mol. The minimum Gasteiger partial charge on any atom is -0.396 e. The molecule has 0 aliphatic carbocycles. The molecule has 0 bridgehead atoms. The highest BCUT2D eigenvalue weighted by Gasteiger charge is 2.09. The summed E-state index contributed by atoms with van der Waals surface area (Å²) in [5.74, 6) is -0.261. The standard InChI is InChI=1S/C11H12FN5O/c1-17-6-15-16-10(17)5-14-11(18)7-2-3-8(12)9(13)4-7/h2-4,6H,5,13H2,1H3,(H,14,18). The Bertz CT molecular complexity index is 581. The number of amides is 1. The molecule has 0 aliphatic rings. The SMILES string of the molecule is Cn1cnnc1CNC(=O)c1ccc(F)c(N)c1. The highest BCUT2D eigenvalue weighted by Crippen LogP contribution is 2.12. The van der Waals surface area contributed by atoms with E-state index in [9.17, 15) is 9.18 Å². The third-order valence-corrected chi connectivity index (χ3v) is 2.47. The number of anilines is 1. The van der Waals surface area contributed by atoms with Gasteiger partial charge < -0.3 is 15.6 Å². The maximum absolute atomic E-state index is 12.9. The van der Waals surface area contributed by atoms with Crippen LogP contribution in [0.4, 0.5) is 10.1 Å². The van der Waals surface area contributed by atoms with Gasteiger partial charge in [0.1, 0.15) is 12.1 Å². The molecule has 1 heterocycles. The first-order valence-electron chi connectivity index (χ1n) is 5.24. The van der Waals surface area contributed by atoms with Crippen molar-refractivity contribution < 1.29 is 9.18 Å². The number of nitrogen functional groups attached to an aromatic ring is 1. The number of hydrogen-bond donors (Lipinski definition) is 2. The molecule has 2 rings (SSSR count). The molecule has 1 aromatic carbocycles. The lowest BCUT2D eigenvalue weighted by molar-refractivity contribution is 0.0949. The number of aryl methyl sites for hydroxylation is 1. The Morgan fingerprint density at radius 3 is 2.94 bits per heavy atom. The number of nitrogens with zero attached hydrogens (tertiary/aromatic N) is 3. The summed E-state index contributed by atoms with van der Waals surface area (Å²) < 4.78 is 14.6. The highest BCUT2D eigenvalue weighted by atomic mass is 19.1. The number of hydrogen-bond acceptors (Lipinski definition) is 4. The fourth-order valence-corrected chi connectivity index (χ4v) is 1.41. The molecule has 2 aromatic rings. The van der Waals surface area contributed by atoms with Gasteiger partial charge in [-0.3, -0.25) is 4.79 Å². The van der Waals surface area contributed by atoms with Crippen LogP contribution >= 0.6 is 0 Å². The van der Waals surface area contributed by atoms with Gasteiger partial charge >= 0.3 is 0 Å². The van der Waals surface area contributed by atoms with Crippen LogP contribution in [0.25, 0.3) is 0 Å². The molecule has 18 heavy (non-hydrogen) atoms. The molecular formula is C11H12FN5O. The quantitative estimate of drug-likeness (QED) is 0.774. The molecule has 7 heteroatoms. The number of nitrogens with two attached hydrogens (primary N) is 1. The zero-order valence-electron chi connectivity index (χ0n) is 9.72. The average Bonchev–Trinajstić information content (AvgIpc) is 2.75. The second-order valence-electron chi connectivity index (χ2n) is 3.78. The average molecular weight is 249 g/mol. The van der Waals surface area contributed by atoms with Crippen molar-refractivity contribution >= 4 is 11.6 Å². The highest BCUT2D eigenvalue weighted by molar-refractivity contribution is 5.94. The summed E-state index contributed by atoms with van der Waals surface area (Å²) in [7, 11) is 1.78. The topological polar surface area (TPSA) is 85.8 Å². The van der Waals surface area contributed by atoms with Crippen LogP contribution in [0.5, 0.6) is 0 Å². The smallest absolute Gasteiger partial charge is 0.251 e. The zero-order valence-corrected chi connectivity index (χ0v) is 9.72. The molecule has 3 N–H and O–H groups in total. The van der Waals surface area contributed by atoms with E-state index in [1.807, 2.05) is 0 Å². The van der Waals surface area contributed by atoms with Gasteiger partial charge in [0.25, 0.3) is 5.91 Å². The Kier molecular flexibility index (Phi) is 3.22. The normalized spacial score (nSPS) is 10.3. The molecule has 0 radical (unpaired) electrons. The Morgan fingerprint density at radius 2 is 2.33 bits per heavy atom. The fourth-order valence-electron chi connectivity index (χ4n) is 1.41. The molecule has 0 saturated carbocycles. The third-order valence-electron chi connectivity index (χ3n) is 2.47. The summed E-state index contributed by atoms with van der Waals surface area (Å²) in [5, 5.41) is 10.2. The van der Waals surface area contributed by atoms with Gasteiger partial charge in [-0.15, -0.1) is 10.2 Å². The van der Waals surface area contributed by atoms with Crippen LogP contribution in [0, 0.1) is 5.82 Å². The van der Waals surface area contributed by atoms with Crippen molar-refractivity contribution in [1.29, 1.82) is 0 Å². The van der Waals surface area contributed by atoms with Crippen molar-refractivity contribution in [2.24, 2.45) is 7.05 Å². The van der Waals surface area contributed by atoms with Crippen molar-refractivity contribution in [2.45, 2.75) is 6.54 Å². The maximum Gasteiger partial charge on any atom is 0.251 e. The van der Waals surface area contributed by atoms with E-state index in [2.05, 4.69) is 15.5 Å². The molecule has 0 fully saturated rings. The minimum absolute atomic E-state index is 0.0543. The third kappa shape index (κ3) is 2.45. The molecule has 1 amide bonds. The first-order chi connectivity index (χ1) is 8.58. The number of nitrogens with one attached hydrogen (secondary N) is 1. The summed E-state index contributed by atoms with van der Waals surface area (Å²) in [6.45, 7) is 0.243. The molecule has 0 unspecified atom stereocenters. The molecule has 0 atom stereocenters. The van der Waals surface area contributed by atoms with Gasteiger partial charge in [0.05, 0.1) is 12.2 Å². The van der Waals surface area contributed by atoms with Crippen molar-refractivity contribution in [3.05, 3.63) is 41.7 Å². The van der Waals surface area contributed by atoms with Crippen molar-refractivity contribution in [2.75, 3.05) is 5.73 Å². The van der Waals surface area contributed by atoms with Crippen LogP contribution in [0.1, 0.15) is 16.2 Å². The van der Waals surface area contributed by atoms with Crippen molar-refractivity contribution in [3.8, 4) is 0 Å². The monoisotopic (exact) mass is 249 g/mol. The Balaban J connectivity index is 2.04. The van der Waals surface area contributed by atoms with Gasteiger partial charge in [-0.2, -0.15) is 0 Å². The summed E-state index contributed by atoms with van der Waals surface area (Å²) >= 11 is 0. The van der Waals surface area contributed by atoms with E-state index in [1.54, 1.807) is 11.6 Å². The van der Waals surface area contributed by atoms with Gasteiger partial charge in [-0.25, -0.2) is 4.39 Å². The van der Waals surface area contributed by atoms with Crippen LogP contribution in [0.2, 0.25) is 0 Å². The van der Waals surface area contributed by atoms with Crippen LogP contribution < -0.4 is 11.1 Å². The van der Waals surface area contributed by atoms with Crippen LogP contribution in [0.3, 0.4) is 0 Å². The van der Waals surface area contributed by atoms with Gasteiger partial charge in [0.15, 0.2) is 5.82 Å². The number of carbonyl (C=O) groups is 1. The lowest BCUT2D eigenvalue weighted by Gasteiger charge is -2.05.